The molecule has 0 aliphatic carbocycles. The Morgan fingerprint density at radius 2 is 2.20 bits per heavy atom. The number of hydrogen-bond donors (Lipinski definition) is 1. The van der Waals surface area contributed by atoms with Crippen molar-refractivity contribution in [3.8, 4) is 17.0 Å². The van der Waals surface area contributed by atoms with Crippen molar-refractivity contribution in [1.29, 1.82) is 0 Å². The topological polar surface area (TPSA) is 64.2 Å². The van der Waals surface area contributed by atoms with E-state index in [1.165, 1.54) is 7.11 Å². The highest BCUT2D eigenvalue weighted by molar-refractivity contribution is 6.29. The van der Waals surface area contributed by atoms with Crippen molar-refractivity contribution >= 4 is 17.6 Å². The molecule has 0 unspecified atom stereocenters. The van der Waals surface area contributed by atoms with Crippen molar-refractivity contribution in [3.63, 3.8) is 0 Å². The summed E-state index contributed by atoms with van der Waals surface area (Å²) < 4.78 is 10.7. The van der Waals surface area contributed by atoms with Gasteiger partial charge in [0.1, 0.15) is 22.2 Å². The minimum Gasteiger partial charge on any atom is -0.481 e. The summed E-state index contributed by atoms with van der Waals surface area (Å²) in [5.74, 6) is 0.210. The number of methoxy groups -OCH3 is 1. The highest BCUT2D eigenvalue weighted by Crippen LogP contribution is 2.45. The van der Waals surface area contributed by atoms with E-state index in [9.17, 15) is 4.79 Å². The lowest BCUT2D eigenvalue weighted by atomic mass is 9.92. The largest absolute Gasteiger partial charge is 0.481 e. The van der Waals surface area contributed by atoms with Gasteiger partial charge in [-0.2, -0.15) is 0 Å². The molecule has 1 aliphatic rings. The first kappa shape index (κ1) is 13.0. The van der Waals surface area contributed by atoms with Gasteiger partial charge < -0.3 is 14.5 Å². The van der Waals surface area contributed by atoms with Gasteiger partial charge in [-0.15, -0.1) is 0 Å². The maximum absolute atomic E-state index is 11.7. The Kier molecular flexibility index (Phi) is 2.76. The fraction of sp³-hybridized carbons (Fsp3) is 0.286. The SMILES string of the molecule is COC(=O)c1cc2c([nH]1)-c1cc(Cl)ncc1OC2(C)C. The molecule has 0 amide bonds. The molecule has 2 aromatic heterocycles. The molecule has 1 N–H and O–H groups in total. The van der Waals surface area contributed by atoms with Crippen LogP contribution in [-0.2, 0) is 10.3 Å². The average Bonchev–Trinajstić information content (AvgIpc) is 2.85. The Balaban J connectivity index is 2.24. The number of aromatic nitrogens is 2. The van der Waals surface area contributed by atoms with Crippen LogP contribution in [0.25, 0.3) is 11.3 Å². The summed E-state index contributed by atoms with van der Waals surface area (Å²) in [6.45, 7) is 3.86. The van der Waals surface area contributed by atoms with Gasteiger partial charge in [-0.25, -0.2) is 9.78 Å². The average molecular weight is 293 g/mol. The molecule has 1 aliphatic heterocycles. The molecule has 0 saturated carbocycles. The number of esters is 1. The summed E-state index contributed by atoms with van der Waals surface area (Å²) in [7, 11) is 1.35. The van der Waals surface area contributed by atoms with Crippen LogP contribution in [0.1, 0.15) is 29.9 Å². The number of H-pyrrole nitrogens is 1. The van der Waals surface area contributed by atoms with Crippen molar-refractivity contribution in [2.24, 2.45) is 0 Å². The van der Waals surface area contributed by atoms with E-state index in [4.69, 9.17) is 21.1 Å². The number of nitrogens with one attached hydrogen (secondary N) is 1. The minimum atomic E-state index is -0.569. The predicted octanol–water partition coefficient (Wildman–Crippen LogP) is 3.14. The summed E-state index contributed by atoms with van der Waals surface area (Å²) in [5, 5.41) is 0.368. The van der Waals surface area contributed by atoms with Crippen LogP contribution in [0, 0.1) is 0 Å². The number of hydrogen-bond acceptors (Lipinski definition) is 4. The molecule has 0 radical (unpaired) electrons. The lowest BCUT2D eigenvalue weighted by molar-refractivity contribution is 0.0595. The molecule has 0 fully saturated rings. The third kappa shape index (κ3) is 1.86. The zero-order valence-electron chi connectivity index (χ0n) is 11.3. The number of ether oxygens (including phenoxy) is 2. The van der Waals surface area contributed by atoms with E-state index < -0.39 is 11.6 Å². The molecular weight excluding hydrogens is 280 g/mol. The number of carbonyl (C=O) groups excluding carboxylic acids is 1. The molecule has 0 spiro atoms. The van der Waals surface area contributed by atoms with Crippen molar-refractivity contribution < 1.29 is 14.3 Å². The van der Waals surface area contributed by atoms with Crippen LogP contribution in [0.2, 0.25) is 5.15 Å². The molecule has 5 nitrogen and oxygen atoms in total. The predicted molar refractivity (Wildman–Crippen MR) is 74.0 cm³/mol. The van der Waals surface area contributed by atoms with Crippen molar-refractivity contribution in [2.75, 3.05) is 7.11 Å². The smallest absolute Gasteiger partial charge is 0.354 e. The number of rotatable bonds is 1. The van der Waals surface area contributed by atoms with Crippen molar-refractivity contribution in [1.82, 2.24) is 9.97 Å². The van der Waals surface area contributed by atoms with E-state index >= 15 is 0 Å². The summed E-state index contributed by atoms with van der Waals surface area (Å²) in [4.78, 5) is 18.8. The summed E-state index contributed by atoms with van der Waals surface area (Å²) in [6.07, 6.45) is 1.58. The molecule has 3 rings (SSSR count). The number of pyridine rings is 1. The Morgan fingerprint density at radius 1 is 1.45 bits per heavy atom. The lowest BCUT2D eigenvalue weighted by Crippen LogP contribution is -2.28. The Bertz CT molecular complexity index is 706. The van der Waals surface area contributed by atoms with Crippen LogP contribution in [0.3, 0.4) is 0 Å². The first-order chi connectivity index (χ1) is 9.42. The van der Waals surface area contributed by atoms with Gasteiger partial charge in [0.25, 0.3) is 0 Å². The summed E-state index contributed by atoms with van der Waals surface area (Å²) in [6, 6.07) is 3.46. The molecular formula is C14H13ClN2O3. The minimum absolute atomic E-state index is 0.368. The number of carbonyl (C=O) groups is 1. The van der Waals surface area contributed by atoms with Gasteiger partial charge in [-0.1, -0.05) is 11.6 Å². The fourth-order valence-corrected chi connectivity index (χ4v) is 2.54. The van der Waals surface area contributed by atoms with Gasteiger partial charge in [0, 0.05) is 11.1 Å². The number of nitrogens with zero attached hydrogens (tertiary/aromatic N) is 1. The first-order valence-electron chi connectivity index (χ1n) is 6.09. The molecule has 0 saturated heterocycles. The van der Waals surface area contributed by atoms with E-state index in [-0.39, 0.29) is 0 Å². The number of aromatic amines is 1. The molecule has 2 aromatic rings. The van der Waals surface area contributed by atoms with E-state index in [1.54, 1.807) is 18.3 Å². The van der Waals surface area contributed by atoms with Crippen LogP contribution >= 0.6 is 11.6 Å². The maximum atomic E-state index is 11.7. The third-order valence-electron chi connectivity index (χ3n) is 3.34. The van der Waals surface area contributed by atoms with Gasteiger partial charge in [0.15, 0.2) is 0 Å². The van der Waals surface area contributed by atoms with Gasteiger partial charge in [-0.05, 0) is 26.0 Å². The van der Waals surface area contributed by atoms with Crippen LogP contribution in [0.5, 0.6) is 5.75 Å². The molecule has 0 bridgehead atoms. The number of halogens is 1. The standard InChI is InChI=1S/C14H13ClN2O3/c1-14(2)8-5-9(13(18)19-3)17-12(8)7-4-11(15)16-6-10(7)20-14/h4-6,17H,1-3H3. The van der Waals surface area contributed by atoms with E-state index in [0.717, 1.165) is 16.8 Å². The van der Waals surface area contributed by atoms with Crippen LogP contribution in [0.4, 0.5) is 0 Å². The van der Waals surface area contributed by atoms with Crippen molar-refractivity contribution in [2.45, 2.75) is 19.4 Å². The first-order valence-corrected chi connectivity index (χ1v) is 6.47. The van der Waals surface area contributed by atoms with Crippen LogP contribution in [-0.4, -0.2) is 23.0 Å². The molecule has 0 aromatic carbocycles. The molecule has 3 heterocycles. The Morgan fingerprint density at radius 3 is 2.90 bits per heavy atom. The van der Waals surface area contributed by atoms with E-state index in [2.05, 4.69) is 9.97 Å². The zero-order chi connectivity index (χ0) is 14.5. The molecule has 104 valence electrons. The van der Waals surface area contributed by atoms with Crippen molar-refractivity contribution in [3.05, 3.63) is 34.7 Å². The lowest BCUT2D eigenvalue weighted by Gasteiger charge is -2.32. The summed E-state index contributed by atoms with van der Waals surface area (Å²) in [5.41, 5.74) is 2.29. The van der Waals surface area contributed by atoms with Gasteiger partial charge in [0.2, 0.25) is 0 Å². The number of fused-ring (bicyclic) bond motifs is 3. The quantitative estimate of drug-likeness (QED) is 0.648. The normalized spacial score (nSPS) is 15.0. The molecule has 20 heavy (non-hydrogen) atoms. The van der Waals surface area contributed by atoms with Gasteiger partial charge in [0.05, 0.1) is 19.0 Å². The molecule has 6 heteroatoms. The Labute approximate surface area is 120 Å². The second-order valence-corrected chi connectivity index (χ2v) is 5.47. The highest BCUT2D eigenvalue weighted by Gasteiger charge is 2.35. The Hall–Kier alpha value is -2.01. The second-order valence-electron chi connectivity index (χ2n) is 5.08. The zero-order valence-corrected chi connectivity index (χ0v) is 12.0. The third-order valence-corrected chi connectivity index (χ3v) is 3.55. The van der Waals surface area contributed by atoms with Crippen LogP contribution < -0.4 is 4.74 Å². The fourth-order valence-electron chi connectivity index (χ4n) is 2.39. The summed E-state index contributed by atoms with van der Waals surface area (Å²) >= 11 is 5.94. The maximum Gasteiger partial charge on any atom is 0.354 e. The van der Waals surface area contributed by atoms with E-state index in [1.807, 2.05) is 13.8 Å². The van der Waals surface area contributed by atoms with Crippen LogP contribution in [0.15, 0.2) is 18.3 Å². The highest BCUT2D eigenvalue weighted by atomic mass is 35.5. The van der Waals surface area contributed by atoms with Gasteiger partial charge in [-0.3, -0.25) is 0 Å². The van der Waals surface area contributed by atoms with E-state index in [0.29, 0.717) is 16.6 Å². The molecule has 0 atom stereocenters. The van der Waals surface area contributed by atoms with Gasteiger partial charge >= 0.3 is 5.97 Å². The second kappa shape index (κ2) is 4.24. The monoisotopic (exact) mass is 292 g/mol.